The van der Waals surface area contributed by atoms with Crippen LogP contribution >= 0.6 is 0 Å². The van der Waals surface area contributed by atoms with Crippen LogP contribution in [0.5, 0.6) is 0 Å². The molecule has 0 aliphatic heterocycles. The molecule has 0 aromatic heterocycles. The predicted octanol–water partition coefficient (Wildman–Crippen LogP) is 5.56. The molecule has 0 aliphatic rings. The molecule has 0 radical (unpaired) electrons. The van der Waals surface area contributed by atoms with Crippen LogP contribution in [0.15, 0.2) is 4.99 Å². The summed E-state index contributed by atoms with van der Waals surface area (Å²) in [6, 6.07) is 0. The van der Waals surface area contributed by atoms with Gasteiger partial charge in [0.2, 0.25) is 0 Å². The number of aliphatic imine (C=N–C) groups is 1. The van der Waals surface area contributed by atoms with Crippen molar-refractivity contribution in [2.75, 3.05) is 6.54 Å². The van der Waals surface area contributed by atoms with Gasteiger partial charge in [-0.15, -0.1) is 0 Å². The summed E-state index contributed by atoms with van der Waals surface area (Å²) in [6.07, 6.45) is 11.1. The number of hydrogen-bond acceptors (Lipinski definition) is 2. The van der Waals surface area contributed by atoms with Crippen molar-refractivity contribution in [3.05, 3.63) is 0 Å². The van der Waals surface area contributed by atoms with Crippen molar-refractivity contribution in [3.63, 3.8) is 0 Å². The number of isocyanates is 1. The third-order valence-electron chi connectivity index (χ3n) is 4.22. The molecule has 0 atom stereocenters. The molecule has 112 valence electrons. The van der Waals surface area contributed by atoms with Crippen molar-refractivity contribution in [1.82, 2.24) is 0 Å². The first kappa shape index (κ1) is 19.2. The van der Waals surface area contributed by atoms with Gasteiger partial charge in [-0.05, 0) is 0 Å². The van der Waals surface area contributed by atoms with Crippen LogP contribution in [-0.4, -0.2) is 31.0 Å². The molecule has 0 fully saturated rings. The second-order valence-electron chi connectivity index (χ2n) is 5.89. The van der Waals surface area contributed by atoms with E-state index in [2.05, 4.69) is 25.8 Å². The predicted molar refractivity (Wildman–Crippen MR) is 87.3 cm³/mol. The Morgan fingerprint density at radius 1 is 0.789 bits per heavy atom. The first-order chi connectivity index (χ1) is 9.24. The van der Waals surface area contributed by atoms with E-state index in [1.807, 2.05) is 0 Å². The Morgan fingerprint density at radius 3 is 1.58 bits per heavy atom. The number of rotatable bonds is 13. The van der Waals surface area contributed by atoms with E-state index in [-0.39, 0.29) is 0 Å². The first-order valence-electron chi connectivity index (χ1n) is 8.28. The summed E-state index contributed by atoms with van der Waals surface area (Å²) < 4.78 is 6.14. The van der Waals surface area contributed by atoms with E-state index in [1.54, 1.807) is 19.4 Å². The van der Waals surface area contributed by atoms with Gasteiger partial charge < -0.3 is 0 Å². The normalized spacial score (nSPS) is 11.3. The van der Waals surface area contributed by atoms with Crippen molar-refractivity contribution in [2.45, 2.75) is 83.5 Å². The Balaban J connectivity index is 4.50. The van der Waals surface area contributed by atoms with Gasteiger partial charge in [0.1, 0.15) is 0 Å². The molecule has 0 bridgehead atoms. The number of carbonyl (C=O) groups excluding carboxylic acids is 1. The molecule has 2 nitrogen and oxygen atoms in total. The van der Waals surface area contributed by atoms with E-state index in [4.69, 9.17) is 0 Å². The maximum atomic E-state index is 10.2. The molecule has 19 heavy (non-hydrogen) atoms. The Morgan fingerprint density at radius 2 is 1.21 bits per heavy atom. The molecule has 0 unspecified atom stereocenters. The summed E-state index contributed by atoms with van der Waals surface area (Å²) in [7, 11) is 0. The summed E-state index contributed by atoms with van der Waals surface area (Å²) in [5.74, 6) is 0. The molecule has 0 aromatic carbocycles. The fourth-order valence-electron chi connectivity index (χ4n) is 2.98. The summed E-state index contributed by atoms with van der Waals surface area (Å²) >= 11 is -1.92. The van der Waals surface area contributed by atoms with Crippen molar-refractivity contribution in [1.29, 1.82) is 0 Å². The maximum absolute atomic E-state index is 10.2. The molecule has 0 spiro atoms. The van der Waals surface area contributed by atoms with Crippen molar-refractivity contribution in [3.8, 4) is 0 Å². The third-order valence-corrected chi connectivity index (χ3v) is 20.4. The average molecular weight is 374 g/mol. The average Bonchev–Trinajstić information content (AvgIpc) is 2.44. The van der Waals surface area contributed by atoms with E-state index < -0.39 is 18.4 Å². The summed E-state index contributed by atoms with van der Waals surface area (Å²) in [4.78, 5) is 13.9. The van der Waals surface area contributed by atoms with Crippen LogP contribution in [0.2, 0.25) is 17.7 Å². The topological polar surface area (TPSA) is 29.4 Å². The van der Waals surface area contributed by atoms with Crippen molar-refractivity contribution < 1.29 is 4.79 Å². The SMILES string of the molecule is CCC[CH2][Sn]([CH2]CCC)([CH2]CCC)[CH2]CCN=C=O. The quantitative estimate of drug-likeness (QED) is 0.180. The van der Waals surface area contributed by atoms with Gasteiger partial charge in [0.15, 0.2) is 0 Å². The van der Waals surface area contributed by atoms with Gasteiger partial charge in [0.25, 0.3) is 0 Å². The minimum atomic E-state index is -1.92. The zero-order valence-corrected chi connectivity index (χ0v) is 16.2. The van der Waals surface area contributed by atoms with Gasteiger partial charge in [-0.1, -0.05) is 0 Å². The first-order valence-corrected chi connectivity index (χ1v) is 16.4. The summed E-state index contributed by atoms with van der Waals surface area (Å²) in [5.41, 5.74) is 0. The van der Waals surface area contributed by atoms with Crippen LogP contribution in [0.3, 0.4) is 0 Å². The van der Waals surface area contributed by atoms with Crippen LogP contribution in [-0.2, 0) is 4.79 Å². The van der Waals surface area contributed by atoms with Gasteiger partial charge in [0.05, 0.1) is 0 Å². The zero-order chi connectivity index (χ0) is 14.4. The van der Waals surface area contributed by atoms with Crippen LogP contribution < -0.4 is 0 Å². The standard InChI is InChI=1S/C4H6NO.3C4H9.Sn/c1-2-3-5-4-6;3*1-3-4-2;/h1-3H2;3*1,3-4H2,2H3;. The van der Waals surface area contributed by atoms with Gasteiger partial charge in [-0.25, -0.2) is 0 Å². The van der Waals surface area contributed by atoms with Gasteiger partial charge >= 0.3 is 124 Å². The molecule has 0 amide bonds. The van der Waals surface area contributed by atoms with E-state index >= 15 is 0 Å². The molecule has 0 saturated heterocycles. The molecule has 3 heteroatoms. The number of unbranched alkanes of at least 4 members (excludes halogenated alkanes) is 3. The summed E-state index contributed by atoms with van der Waals surface area (Å²) in [6.45, 7) is 7.65. The molecule has 0 aromatic rings. The van der Waals surface area contributed by atoms with E-state index in [0.717, 1.165) is 6.42 Å². The molecule has 0 aliphatic carbocycles. The van der Waals surface area contributed by atoms with Crippen molar-refractivity contribution >= 4 is 24.5 Å². The molecule has 0 rings (SSSR count). The Bertz CT molecular complexity index is 227. The number of hydrogen-bond donors (Lipinski definition) is 0. The molecule has 0 saturated carbocycles. The number of nitrogens with zero attached hydrogens (tertiary/aromatic N) is 1. The Kier molecular flexibility index (Phi) is 13.3. The Hall–Kier alpha value is 0.179. The minimum absolute atomic E-state index is 0.715. The third kappa shape index (κ3) is 9.67. The van der Waals surface area contributed by atoms with E-state index in [0.29, 0.717) is 6.54 Å². The van der Waals surface area contributed by atoms with Crippen molar-refractivity contribution in [2.24, 2.45) is 4.99 Å². The second-order valence-corrected chi connectivity index (χ2v) is 20.2. The van der Waals surface area contributed by atoms with Crippen LogP contribution in [0, 0.1) is 0 Å². The second kappa shape index (κ2) is 13.2. The van der Waals surface area contributed by atoms with Gasteiger partial charge in [-0.3, -0.25) is 0 Å². The van der Waals surface area contributed by atoms with E-state index in [1.165, 1.54) is 43.0 Å². The Labute approximate surface area is 124 Å². The van der Waals surface area contributed by atoms with Gasteiger partial charge in [0, 0.05) is 0 Å². The van der Waals surface area contributed by atoms with Crippen LogP contribution in [0.25, 0.3) is 0 Å². The molecule has 0 N–H and O–H groups in total. The van der Waals surface area contributed by atoms with Gasteiger partial charge in [-0.2, -0.15) is 0 Å². The van der Waals surface area contributed by atoms with Crippen LogP contribution in [0.4, 0.5) is 0 Å². The van der Waals surface area contributed by atoms with E-state index in [9.17, 15) is 4.79 Å². The zero-order valence-electron chi connectivity index (χ0n) is 13.3. The summed E-state index contributed by atoms with van der Waals surface area (Å²) in [5, 5.41) is 0. The molecular formula is C16H33NOSn. The molecular weight excluding hydrogens is 341 g/mol. The monoisotopic (exact) mass is 375 g/mol. The fraction of sp³-hybridized carbons (Fsp3) is 0.938. The van der Waals surface area contributed by atoms with Crippen LogP contribution in [0.1, 0.15) is 65.7 Å². The molecule has 0 heterocycles. The fourth-order valence-corrected chi connectivity index (χ4v) is 19.3.